The van der Waals surface area contributed by atoms with Crippen LogP contribution in [-0.2, 0) is 14.4 Å². The summed E-state index contributed by atoms with van der Waals surface area (Å²) < 4.78 is 6.43. The molecule has 9 heteroatoms. The predicted molar refractivity (Wildman–Crippen MR) is 101 cm³/mol. The Kier molecular flexibility index (Phi) is 4.69. The van der Waals surface area contributed by atoms with Crippen LogP contribution in [0.25, 0.3) is 10.2 Å². The molecular weight excluding hydrogens is 368 g/mol. The Morgan fingerprint density at radius 2 is 1.85 bits per heavy atom. The van der Waals surface area contributed by atoms with E-state index in [0.29, 0.717) is 26.2 Å². The Morgan fingerprint density at radius 3 is 2.52 bits per heavy atom. The van der Waals surface area contributed by atoms with Gasteiger partial charge in [0.25, 0.3) is 0 Å². The number of anilines is 1. The van der Waals surface area contributed by atoms with Gasteiger partial charge >= 0.3 is 0 Å². The van der Waals surface area contributed by atoms with Crippen LogP contribution in [0.2, 0.25) is 0 Å². The third kappa shape index (κ3) is 3.34. The van der Waals surface area contributed by atoms with E-state index in [9.17, 15) is 14.4 Å². The second kappa shape index (κ2) is 7.15. The minimum Gasteiger partial charge on any atom is -0.494 e. The summed E-state index contributed by atoms with van der Waals surface area (Å²) in [5.41, 5.74) is 0.851. The maximum atomic E-state index is 12.4. The molecule has 0 atom stereocenters. The smallest absolute Gasteiger partial charge is 0.242 e. The number of aromatic nitrogens is 1. The highest BCUT2D eigenvalue weighted by molar-refractivity contribution is 7.22. The normalized spacial score (nSPS) is 17.9. The zero-order valence-electron chi connectivity index (χ0n) is 15.0. The molecule has 2 fully saturated rings. The van der Waals surface area contributed by atoms with E-state index in [-0.39, 0.29) is 37.1 Å². The number of hydrogen-bond acceptors (Lipinski definition) is 7. The quantitative estimate of drug-likeness (QED) is 0.730. The highest BCUT2D eigenvalue weighted by atomic mass is 32.1. The van der Waals surface area contributed by atoms with Crippen LogP contribution in [0.3, 0.4) is 0 Å². The molecule has 2 aromatic rings. The summed E-state index contributed by atoms with van der Waals surface area (Å²) in [6, 6.07) is 5.85. The van der Waals surface area contributed by atoms with Gasteiger partial charge in [-0.2, -0.15) is 0 Å². The SMILES string of the molecule is COc1cccc2sc(N3CCN(C(=O)CN4C(=O)CCC4=O)CC3)nc12. The first kappa shape index (κ1) is 17.7. The van der Waals surface area contributed by atoms with Crippen molar-refractivity contribution in [2.24, 2.45) is 0 Å². The molecule has 1 aromatic carbocycles. The number of carbonyl (C=O) groups excluding carboxylic acids is 3. The van der Waals surface area contributed by atoms with Crippen LogP contribution >= 0.6 is 11.3 Å². The van der Waals surface area contributed by atoms with Crippen LogP contribution in [0.15, 0.2) is 18.2 Å². The molecule has 0 aliphatic carbocycles. The Balaban J connectivity index is 1.39. The number of imide groups is 1. The summed E-state index contributed by atoms with van der Waals surface area (Å²) in [4.78, 5) is 45.5. The number of piperazine rings is 1. The number of ether oxygens (including phenoxy) is 1. The molecule has 3 heterocycles. The summed E-state index contributed by atoms with van der Waals surface area (Å²) in [6.07, 6.45) is 0.419. The minimum absolute atomic E-state index is 0.143. The van der Waals surface area contributed by atoms with Crippen LogP contribution in [0.5, 0.6) is 5.75 Å². The molecule has 0 bridgehead atoms. The lowest BCUT2D eigenvalue weighted by Gasteiger charge is -2.35. The van der Waals surface area contributed by atoms with Gasteiger partial charge in [-0.25, -0.2) is 4.98 Å². The molecule has 8 nitrogen and oxygen atoms in total. The van der Waals surface area contributed by atoms with Crippen molar-refractivity contribution in [1.29, 1.82) is 0 Å². The Labute approximate surface area is 160 Å². The summed E-state index contributed by atoms with van der Waals surface area (Å²) in [7, 11) is 1.63. The third-order valence-electron chi connectivity index (χ3n) is 4.94. The fourth-order valence-corrected chi connectivity index (χ4v) is 4.43. The van der Waals surface area contributed by atoms with E-state index in [4.69, 9.17) is 9.72 Å². The number of rotatable bonds is 4. The molecule has 0 spiro atoms. The minimum atomic E-state index is -0.254. The van der Waals surface area contributed by atoms with Crippen molar-refractivity contribution in [2.45, 2.75) is 12.8 Å². The van der Waals surface area contributed by atoms with Gasteiger partial charge in [0.15, 0.2) is 5.13 Å². The highest BCUT2D eigenvalue weighted by Crippen LogP contribution is 2.34. The first-order chi connectivity index (χ1) is 13.1. The monoisotopic (exact) mass is 388 g/mol. The van der Waals surface area contributed by atoms with Crippen molar-refractivity contribution in [2.75, 3.05) is 44.7 Å². The molecule has 0 radical (unpaired) electrons. The number of benzene rings is 1. The van der Waals surface area contributed by atoms with Crippen molar-refractivity contribution in [3.8, 4) is 5.75 Å². The lowest BCUT2D eigenvalue weighted by atomic mass is 10.3. The molecular formula is C18H20N4O4S. The van der Waals surface area contributed by atoms with Crippen LogP contribution in [0.1, 0.15) is 12.8 Å². The van der Waals surface area contributed by atoms with Crippen LogP contribution in [-0.4, -0.2) is 72.3 Å². The number of likely N-dealkylation sites (tertiary alicyclic amines) is 1. The van der Waals surface area contributed by atoms with Crippen LogP contribution in [0, 0.1) is 0 Å². The molecule has 27 heavy (non-hydrogen) atoms. The van der Waals surface area contributed by atoms with Crippen LogP contribution in [0.4, 0.5) is 5.13 Å². The number of amides is 3. The van der Waals surface area contributed by atoms with Gasteiger partial charge in [-0.3, -0.25) is 19.3 Å². The molecule has 142 valence electrons. The molecule has 2 saturated heterocycles. The van der Waals surface area contributed by atoms with Gasteiger partial charge in [-0.1, -0.05) is 17.4 Å². The summed E-state index contributed by atoms with van der Waals surface area (Å²) in [5.74, 6) is 0.0683. The second-order valence-electron chi connectivity index (χ2n) is 6.54. The zero-order valence-corrected chi connectivity index (χ0v) is 15.8. The number of carbonyl (C=O) groups is 3. The first-order valence-corrected chi connectivity index (χ1v) is 9.68. The summed E-state index contributed by atoms with van der Waals surface area (Å²) in [5, 5.41) is 0.909. The van der Waals surface area contributed by atoms with Gasteiger partial charge in [-0.05, 0) is 12.1 Å². The van der Waals surface area contributed by atoms with E-state index in [1.54, 1.807) is 23.3 Å². The van der Waals surface area contributed by atoms with Gasteiger partial charge in [0.1, 0.15) is 17.8 Å². The van der Waals surface area contributed by atoms with E-state index >= 15 is 0 Å². The zero-order chi connectivity index (χ0) is 19.0. The van der Waals surface area contributed by atoms with E-state index in [1.165, 1.54) is 0 Å². The Hall–Kier alpha value is -2.68. The number of para-hydroxylation sites is 1. The second-order valence-corrected chi connectivity index (χ2v) is 7.55. The van der Waals surface area contributed by atoms with Gasteiger partial charge in [0.2, 0.25) is 17.7 Å². The standard InChI is InChI=1S/C18H20N4O4S/c1-26-12-3-2-4-13-17(12)19-18(27-13)21-9-7-20(8-10-21)16(25)11-22-14(23)5-6-15(22)24/h2-4H,5-11H2,1H3. The first-order valence-electron chi connectivity index (χ1n) is 8.86. The molecule has 0 saturated carbocycles. The Morgan fingerprint density at radius 1 is 1.15 bits per heavy atom. The molecule has 3 amide bonds. The van der Waals surface area contributed by atoms with Crippen molar-refractivity contribution >= 4 is 44.4 Å². The average molecular weight is 388 g/mol. The largest absolute Gasteiger partial charge is 0.494 e. The number of fused-ring (bicyclic) bond motifs is 1. The highest BCUT2D eigenvalue weighted by Gasteiger charge is 2.32. The maximum absolute atomic E-state index is 12.4. The van der Waals surface area contributed by atoms with Crippen LogP contribution < -0.4 is 9.64 Å². The molecule has 0 unspecified atom stereocenters. The molecule has 1 aromatic heterocycles. The fourth-order valence-electron chi connectivity index (χ4n) is 3.39. The molecule has 2 aliphatic rings. The number of thiazole rings is 1. The van der Waals surface area contributed by atoms with Crippen molar-refractivity contribution in [3.05, 3.63) is 18.2 Å². The topological polar surface area (TPSA) is 83.0 Å². The van der Waals surface area contributed by atoms with E-state index in [1.807, 2.05) is 18.2 Å². The lowest BCUT2D eigenvalue weighted by Crippen LogP contribution is -2.51. The average Bonchev–Trinajstić information content (AvgIpc) is 3.26. The van der Waals surface area contributed by atoms with Crippen molar-refractivity contribution in [3.63, 3.8) is 0 Å². The van der Waals surface area contributed by atoms with Gasteiger partial charge in [-0.15, -0.1) is 0 Å². The van der Waals surface area contributed by atoms with E-state index < -0.39 is 0 Å². The predicted octanol–water partition coefficient (Wildman–Crippen LogP) is 1.10. The van der Waals surface area contributed by atoms with E-state index in [0.717, 1.165) is 26.0 Å². The van der Waals surface area contributed by atoms with Crippen molar-refractivity contribution < 1.29 is 19.1 Å². The summed E-state index contributed by atoms with van der Waals surface area (Å²) >= 11 is 1.60. The molecule has 0 N–H and O–H groups in total. The number of nitrogens with zero attached hydrogens (tertiary/aromatic N) is 4. The fraction of sp³-hybridized carbons (Fsp3) is 0.444. The molecule has 4 rings (SSSR count). The van der Waals surface area contributed by atoms with Crippen molar-refractivity contribution in [1.82, 2.24) is 14.8 Å². The van der Waals surface area contributed by atoms with E-state index in [2.05, 4.69) is 4.90 Å². The third-order valence-corrected chi connectivity index (χ3v) is 6.02. The summed E-state index contributed by atoms with van der Waals surface area (Å²) in [6.45, 7) is 2.27. The van der Waals surface area contributed by atoms with Gasteiger partial charge in [0.05, 0.1) is 11.8 Å². The Bertz CT molecular complexity index is 888. The number of methoxy groups -OCH3 is 1. The molecule has 2 aliphatic heterocycles. The van der Waals surface area contributed by atoms with Gasteiger partial charge in [0, 0.05) is 39.0 Å². The maximum Gasteiger partial charge on any atom is 0.242 e. The van der Waals surface area contributed by atoms with Gasteiger partial charge < -0.3 is 14.5 Å². The number of hydrogen-bond donors (Lipinski definition) is 0. The lowest BCUT2D eigenvalue weighted by molar-refractivity contribution is -0.145.